The Balaban J connectivity index is 2.21. The number of halogens is 1. The van der Waals surface area contributed by atoms with Crippen molar-refractivity contribution in [3.63, 3.8) is 0 Å². The normalized spacial score (nSPS) is 17.5. The summed E-state index contributed by atoms with van der Waals surface area (Å²) >= 11 is 2.28. The molecule has 1 aromatic rings. The van der Waals surface area contributed by atoms with E-state index in [4.69, 9.17) is 0 Å². The van der Waals surface area contributed by atoms with Gasteiger partial charge < -0.3 is 5.32 Å². The fourth-order valence-electron chi connectivity index (χ4n) is 1.44. The summed E-state index contributed by atoms with van der Waals surface area (Å²) in [7, 11) is 0. The Morgan fingerprint density at radius 1 is 1.53 bits per heavy atom. The zero-order valence-corrected chi connectivity index (χ0v) is 11.3. The van der Waals surface area contributed by atoms with Crippen LogP contribution in [0.15, 0.2) is 6.20 Å². The lowest BCUT2D eigenvalue weighted by Crippen LogP contribution is -2.11. The van der Waals surface area contributed by atoms with E-state index >= 15 is 0 Å². The lowest BCUT2D eigenvalue weighted by Gasteiger charge is -2.11. The van der Waals surface area contributed by atoms with E-state index in [1.165, 1.54) is 12.8 Å². The maximum Gasteiger partial charge on any atom is 0.143 e. The second kappa shape index (κ2) is 4.23. The molecule has 0 saturated heterocycles. The van der Waals surface area contributed by atoms with Gasteiger partial charge in [-0.05, 0) is 41.9 Å². The molecule has 1 aliphatic carbocycles. The molecule has 1 saturated carbocycles. The molecule has 15 heavy (non-hydrogen) atoms. The van der Waals surface area contributed by atoms with E-state index in [2.05, 4.69) is 51.7 Å². The van der Waals surface area contributed by atoms with Gasteiger partial charge in [-0.1, -0.05) is 13.8 Å². The number of anilines is 1. The summed E-state index contributed by atoms with van der Waals surface area (Å²) in [5, 5.41) is 3.34. The maximum absolute atomic E-state index is 4.61. The monoisotopic (exact) mass is 317 g/mol. The average Bonchev–Trinajstić information content (AvgIpc) is 2.96. The largest absolute Gasteiger partial charge is 0.369 e. The van der Waals surface area contributed by atoms with Crippen LogP contribution < -0.4 is 5.32 Å². The van der Waals surface area contributed by atoms with E-state index in [1.54, 1.807) is 0 Å². The van der Waals surface area contributed by atoms with Crippen molar-refractivity contribution in [1.29, 1.82) is 0 Å². The van der Waals surface area contributed by atoms with Crippen LogP contribution in [0.25, 0.3) is 0 Å². The molecular weight excluding hydrogens is 301 g/mol. The zero-order valence-electron chi connectivity index (χ0n) is 9.18. The highest BCUT2D eigenvalue weighted by Gasteiger charge is 2.42. The first-order chi connectivity index (χ1) is 7.15. The molecule has 0 aromatic carbocycles. The fraction of sp³-hybridized carbons (Fsp3) is 0.636. The smallest absolute Gasteiger partial charge is 0.143 e. The van der Waals surface area contributed by atoms with Crippen LogP contribution in [0.5, 0.6) is 0 Å². The molecule has 0 bridgehead atoms. The van der Waals surface area contributed by atoms with Crippen molar-refractivity contribution in [2.45, 2.75) is 38.5 Å². The van der Waals surface area contributed by atoms with Crippen LogP contribution in [0.2, 0.25) is 0 Å². The van der Waals surface area contributed by atoms with Crippen LogP contribution in [0.3, 0.4) is 0 Å². The van der Waals surface area contributed by atoms with Crippen LogP contribution in [0.1, 0.15) is 38.9 Å². The Hall–Kier alpha value is -0.390. The Labute approximate surface area is 104 Å². The zero-order chi connectivity index (χ0) is 10.9. The van der Waals surface area contributed by atoms with Gasteiger partial charge in [0.15, 0.2) is 0 Å². The summed E-state index contributed by atoms with van der Waals surface area (Å²) in [5.74, 6) is 2.00. The molecule has 3 nitrogen and oxygen atoms in total. The Kier molecular flexibility index (Phi) is 3.13. The molecule has 0 amide bonds. The van der Waals surface area contributed by atoms with Crippen LogP contribution in [-0.2, 0) is 5.41 Å². The number of hydrogen-bond acceptors (Lipinski definition) is 3. The van der Waals surface area contributed by atoms with Crippen LogP contribution >= 0.6 is 22.6 Å². The van der Waals surface area contributed by atoms with Gasteiger partial charge in [0.05, 0.1) is 3.57 Å². The van der Waals surface area contributed by atoms with Crippen molar-refractivity contribution in [1.82, 2.24) is 9.97 Å². The highest BCUT2D eigenvalue weighted by atomic mass is 127. The summed E-state index contributed by atoms with van der Waals surface area (Å²) in [6.45, 7) is 5.37. The van der Waals surface area contributed by atoms with Gasteiger partial charge in [0, 0.05) is 18.2 Å². The van der Waals surface area contributed by atoms with Crippen molar-refractivity contribution in [3.05, 3.63) is 15.6 Å². The average molecular weight is 317 g/mol. The first kappa shape index (κ1) is 11.1. The molecule has 0 atom stereocenters. The van der Waals surface area contributed by atoms with Gasteiger partial charge in [-0.15, -0.1) is 0 Å². The predicted molar refractivity (Wildman–Crippen MR) is 70.1 cm³/mol. The van der Waals surface area contributed by atoms with Gasteiger partial charge in [0.1, 0.15) is 11.6 Å². The fourth-order valence-corrected chi connectivity index (χ4v) is 1.89. The van der Waals surface area contributed by atoms with Crippen molar-refractivity contribution in [2.24, 2.45) is 0 Å². The third-order valence-electron chi connectivity index (χ3n) is 2.83. The molecule has 1 aromatic heterocycles. The molecule has 2 rings (SSSR count). The van der Waals surface area contributed by atoms with Gasteiger partial charge >= 0.3 is 0 Å². The highest BCUT2D eigenvalue weighted by molar-refractivity contribution is 14.1. The van der Waals surface area contributed by atoms with E-state index in [-0.39, 0.29) is 5.41 Å². The first-order valence-electron chi connectivity index (χ1n) is 5.42. The minimum absolute atomic E-state index is 0.257. The Morgan fingerprint density at radius 2 is 2.27 bits per heavy atom. The molecular formula is C11H16IN3. The van der Waals surface area contributed by atoms with E-state index in [0.29, 0.717) is 0 Å². The quantitative estimate of drug-likeness (QED) is 0.868. The summed E-state index contributed by atoms with van der Waals surface area (Å²) in [5.41, 5.74) is 0.257. The van der Waals surface area contributed by atoms with Crippen molar-refractivity contribution in [2.75, 3.05) is 11.9 Å². The molecule has 0 unspecified atom stereocenters. The van der Waals surface area contributed by atoms with Crippen LogP contribution in [0, 0.1) is 3.57 Å². The molecule has 82 valence electrons. The van der Waals surface area contributed by atoms with E-state index < -0.39 is 0 Å². The number of nitrogens with zero attached hydrogens (tertiary/aromatic N) is 2. The molecule has 4 heteroatoms. The predicted octanol–water partition coefficient (Wildman–Crippen LogP) is 2.95. The molecule has 1 heterocycles. The Bertz CT molecular complexity index is 361. The maximum atomic E-state index is 4.61. The molecule has 0 radical (unpaired) electrons. The van der Waals surface area contributed by atoms with Gasteiger partial charge in [-0.2, -0.15) is 0 Å². The van der Waals surface area contributed by atoms with E-state index in [1.807, 2.05) is 6.20 Å². The number of aromatic nitrogens is 2. The second-order valence-electron chi connectivity index (χ2n) is 4.38. The van der Waals surface area contributed by atoms with Gasteiger partial charge in [0.2, 0.25) is 0 Å². The SMILES string of the molecule is CCCNc1nc(C2(C)CC2)ncc1I. The number of hydrogen-bond donors (Lipinski definition) is 1. The van der Waals surface area contributed by atoms with Crippen molar-refractivity contribution in [3.8, 4) is 0 Å². The van der Waals surface area contributed by atoms with E-state index in [0.717, 1.165) is 28.2 Å². The number of nitrogens with one attached hydrogen (secondary N) is 1. The van der Waals surface area contributed by atoms with Gasteiger partial charge in [-0.3, -0.25) is 0 Å². The van der Waals surface area contributed by atoms with Gasteiger partial charge in [-0.25, -0.2) is 9.97 Å². The third-order valence-corrected chi connectivity index (χ3v) is 3.62. The topological polar surface area (TPSA) is 37.8 Å². The summed E-state index contributed by atoms with van der Waals surface area (Å²) in [4.78, 5) is 9.04. The molecule has 0 aliphatic heterocycles. The van der Waals surface area contributed by atoms with Crippen molar-refractivity contribution >= 4 is 28.4 Å². The molecule has 1 fully saturated rings. The lowest BCUT2D eigenvalue weighted by molar-refractivity contribution is 0.707. The Morgan fingerprint density at radius 3 is 2.87 bits per heavy atom. The number of rotatable bonds is 4. The molecule has 0 spiro atoms. The second-order valence-corrected chi connectivity index (χ2v) is 5.54. The van der Waals surface area contributed by atoms with Crippen molar-refractivity contribution < 1.29 is 0 Å². The summed E-state index contributed by atoms with van der Waals surface area (Å²) in [6.07, 6.45) is 5.48. The lowest BCUT2D eigenvalue weighted by atomic mass is 10.1. The standard InChI is InChI=1S/C11H16IN3/c1-3-6-13-9-8(12)7-14-10(15-9)11(2)4-5-11/h7H,3-6H2,1-2H3,(H,13,14,15). The minimum atomic E-state index is 0.257. The molecule has 1 N–H and O–H groups in total. The van der Waals surface area contributed by atoms with Crippen LogP contribution in [0.4, 0.5) is 5.82 Å². The van der Waals surface area contributed by atoms with Gasteiger partial charge in [0.25, 0.3) is 0 Å². The first-order valence-corrected chi connectivity index (χ1v) is 6.50. The highest BCUT2D eigenvalue weighted by Crippen LogP contribution is 2.46. The third kappa shape index (κ3) is 2.41. The van der Waals surface area contributed by atoms with E-state index in [9.17, 15) is 0 Å². The minimum Gasteiger partial charge on any atom is -0.369 e. The molecule has 1 aliphatic rings. The summed E-state index contributed by atoms with van der Waals surface area (Å²) < 4.78 is 1.11. The van der Waals surface area contributed by atoms with Crippen LogP contribution in [-0.4, -0.2) is 16.5 Å². The summed E-state index contributed by atoms with van der Waals surface area (Å²) in [6, 6.07) is 0.